The Morgan fingerprint density at radius 2 is 1.95 bits per heavy atom. The Morgan fingerprint density at radius 1 is 1.27 bits per heavy atom. The zero-order valence-corrected chi connectivity index (χ0v) is 13.4. The zero-order chi connectivity index (χ0) is 15.4. The van der Waals surface area contributed by atoms with Crippen molar-refractivity contribution in [3.05, 3.63) is 35.9 Å². The molecule has 0 spiro atoms. The van der Waals surface area contributed by atoms with E-state index >= 15 is 0 Å². The molecule has 0 atom stereocenters. The minimum atomic E-state index is -0.284. The quantitative estimate of drug-likeness (QED) is 0.905. The number of amides is 1. The number of nitrogens with zero attached hydrogens (tertiary/aromatic N) is 1. The van der Waals surface area contributed by atoms with Gasteiger partial charge in [0.05, 0.1) is 18.6 Å². The average Bonchev–Trinajstić information content (AvgIpc) is 2.52. The number of likely N-dealkylation sites (tertiary alicyclic amines) is 1. The highest BCUT2D eigenvalue weighted by molar-refractivity contribution is 5.83. The molecular formula is C18H26N2O2. The molecule has 2 heterocycles. The fourth-order valence-electron chi connectivity index (χ4n) is 3.18. The maximum Gasteiger partial charge on any atom is 0.230 e. The molecule has 1 amide bonds. The summed E-state index contributed by atoms with van der Waals surface area (Å²) in [6.45, 7) is 7.20. The standard InChI is InChI=1S/C18H26N2O2/c1-18(13-22-14-18)17(21)19-11-15-7-9-20(10-8-15)12-16-5-3-2-4-6-16/h2-6,15H,7-14H2,1H3,(H,19,21). The first-order valence-corrected chi connectivity index (χ1v) is 8.28. The lowest BCUT2D eigenvalue weighted by molar-refractivity contribution is -0.157. The Bertz CT molecular complexity index is 491. The molecule has 0 aromatic heterocycles. The summed E-state index contributed by atoms with van der Waals surface area (Å²) >= 11 is 0. The molecular weight excluding hydrogens is 276 g/mol. The average molecular weight is 302 g/mol. The number of piperidine rings is 1. The second-order valence-corrected chi connectivity index (χ2v) is 6.97. The number of hydrogen-bond donors (Lipinski definition) is 1. The van der Waals surface area contributed by atoms with E-state index in [0.717, 1.165) is 26.2 Å². The number of nitrogens with one attached hydrogen (secondary N) is 1. The van der Waals surface area contributed by atoms with Gasteiger partial charge in [0.1, 0.15) is 0 Å². The smallest absolute Gasteiger partial charge is 0.230 e. The van der Waals surface area contributed by atoms with E-state index < -0.39 is 0 Å². The van der Waals surface area contributed by atoms with E-state index in [1.54, 1.807) is 0 Å². The van der Waals surface area contributed by atoms with Crippen LogP contribution in [0.2, 0.25) is 0 Å². The highest BCUT2D eigenvalue weighted by Gasteiger charge is 2.41. The van der Waals surface area contributed by atoms with Crippen LogP contribution >= 0.6 is 0 Å². The lowest BCUT2D eigenvalue weighted by atomic mass is 9.87. The van der Waals surface area contributed by atoms with Crippen LogP contribution in [0.3, 0.4) is 0 Å². The predicted molar refractivity (Wildman–Crippen MR) is 86.4 cm³/mol. The molecule has 0 aliphatic carbocycles. The second kappa shape index (κ2) is 6.80. The van der Waals surface area contributed by atoms with Crippen LogP contribution in [0.25, 0.3) is 0 Å². The number of rotatable bonds is 5. The van der Waals surface area contributed by atoms with E-state index in [1.165, 1.54) is 18.4 Å². The third-order valence-electron chi connectivity index (χ3n) is 4.90. The molecule has 2 saturated heterocycles. The van der Waals surface area contributed by atoms with E-state index in [2.05, 4.69) is 40.5 Å². The summed E-state index contributed by atoms with van der Waals surface area (Å²) in [5, 5.41) is 3.12. The number of carbonyl (C=O) groups excluding carboxylic acids is 1. The summed E-state index contributed by atoms with van der Waals surface area (Å²) in [6.07, 6.45) is 2.33. The molecule has 2 aliphatic heterocycles. The molecule has 1 aromatic carbocycles. The zero-order valence-electron chi connectivity index (χ0n) is 13.4. The van der Waals surface area contributed by atoms with Crippen LogP contribution in [-0.2, 0) is 16.1 Å². The van der Waals surface area contributed by atoms with Crippen molar-refractivity contribution in [2.24, 2.45) is 11.3 Å². The fourth-order valence-corrected chi connectivity index (χ4v) is 3.18. The molecule has 4 heteroatoms. The summed E-state index contributed by atoms with van der Waals surface area (Å²) in [5.74, 6) is 0.769. The third kappa shape index (κ3) is 3.68. The van der Waals surface area contributed by atoms with Gasteiger partial charge < -0.3 is 10.1 Å². The SMILES string of the molecule is CC1(C(=O)NCC2CCN(Cc3ccccc3)CC2)COC1. The first-order valence-electron chi connectivity index (χ1n) is 8.28. The number of ether oxygens (including phenoxy) is 1. The van der Waals surface area contributed by atoms with Crippen LogP contribution < -0.4 is 5.32 Å². The Balaban J connectivity index is 1.38. The van der Waals surface area contributed by atoms with Gasteiger partial charge in [-0.15, -0.1) is 0 Å². The molecule has 2 aliphatic rings. The molecule has 1 N–H and O–H groups in total. The second-order valence-electron chi connectivity index (χ2n) is 6.97. The van der Waals surface area contributed by atoms with Gasteiger partial charge in [0.15, 0.2) is 0 Å². The van der Waals surface area contributed by atoms with Gasteiger partial charge in [-0.2, -0.15) is 0 Å². The summed E-state index contributed by atoms with van der Waals surface area (Å²) in [6, 6.07) is 10.6. The van der Waals surface area contributed by atoms with Crippen LogP contribution in [-0.4, -0.2) is 43.7 Å². The van der Waals surface area contributed by atoms with Crippen LogP contribution in [0.1, 0.15) is 25.3 Å². The van der Waals surface area contributed by atoms with Crippen molar-refractivity contribution in [3.8, 4) is 0 Å². The van der Waals surface area contributed by atoms with Crippen molar-refractivity contribution in [2.45, 2.75) is 26.3 Å². The lowest BCUT2D eigenvalue weighted by Crippen LogP contribution is -2.53. The van der Waals surface area contributed by atoms with Gasteiger partial charge in [-0.3, -0.25) is 9.69 Å². The van der Waals surface area contributed by atoms with Gasteiger partial charge in [-0.1, -0.05) is 30.3 Å². The first kappa shape index (κ1) is 15.5. The maximum atomic E-state index is 12.1. The maximum absolute atomic E-state index is 12.1. The highest BCUT2D eigenvalue weighted by atomic mass is 16.5. The van der Waals surface area contributed by atoms with E-state index in [0.29, 0.717) is 19.1 Å². The molecule has 120 valence electrons. The van der Waals surface area contributed by atoms with Crippen molar-refractivity contribution < 1.29 is 9.53 Å². The van der Waals surface area contributed by atoms with Gasteiger partial charge in [-0.05, 0) is 44.3 Å². The normalized spacial score (nSPS) is 22.0. The molecule has 0 radical (unpaired) electrons. The molecule has 3 rings (SSSR count). The third-order valence-corrected chi connectivity index (χ3v) is 4.90. The van der Waals surface area contributed by atoms with E-state index in [4.69, 9.17) is 4.74 Å². The number of benzene rings is 1. The largest absolute Gasteiger partial charge is 0.379 e. The van der Waals surface area contributed by atoms with Gasteiger partial charge in [-0.25, -0.2) is 0 Å². The molecule has 0 saturated carbocycles. The number of hydrogen-bond acceptors (Lipinski definition) is 3. The van der Waals surface area contributed by atoms with Gasteiger partial charge >= 0.3 is 0 Å². The first-order chi connectivity index (χ1) is 10.7. The molecule has 0 bridgehead atoms. The topological polar surface area (TPSA) is 41.6 Å². The van der Waals surface area contributed by atoms with E-state index in [1.807, 2.05) is 6.92 Å². The molecule has 22 heavy (non-hydrogen) atoms. The number of carbonyl (C=O) groups is 1. The minimum absolute atomic E-state index is 0.158. The van der Waals surface area contributed by atoms with Crippen molar-refractivity contribution in [3.63, 3.8) is 0 Å². The van der Waals surface area contributed by atoms with Gasteiger partial charge in [0, 0.05) is 13.1 Å². The van der Waals surface area contributed by atoms with Crippen molar-refractivity contribution in [2.75, 3.05) is 32.8 Å². The van der Waals surface area contributed by atoms with Gasteiger partial charge in [0.2, 0.25) is 5.91 Å². The van der Waals surface area contributed by atoms with E-state index in [9.17, 15) is 4.79 Å². The minimum Gasteiger partial charge on any atom is -0.379 e. The Morgan fingerprint density at radius 3 is 2.55 bits per heavy atom. The van der Waals surface area contributed by atoms with Gasteiger partial charge in [0.25, 0.3) is 0 Å². The van der Waals surface area contributed by atoms with Crippen LogP contribution in [0.5, 0.6) is 0 Å². The Labute approximate surface area is 132 Å². The molecule has 4 nitrogen and oxygen atoms in total. The Kier molecular flexibility index (Phi) is 4.79. The summed E-state index contributed by atoms with van der Waals surface area (Å²) < 4.78 is 5.15. The summed E-state index contributed by atoms with van der Waals surface area (Å²) in [7, 11) is 0. The Hall–Kier alpha value is -1.39. The molecule has 0 unspecified atom stereocenters. The summed E-state index contributed by atoms with van der Waals surface area (Å²) in [5.41, 5.74) is 1.10. The monoisotopic (exact) mass is 302 g/mol. The predicted octanol–water partition coefficient (Wildman–Crippen LogP) is 2.05. The summed E-state index contributed by atoms with van der Waals surface area (Å²) in [4.78, 5) is 14.6. The van der Waals surface area contributed by atoms with Crippen LogP contribution in [0.4, 0.5) is 0 Å². The van der Waals surface area contributed by atoms with E-state index in [-0.39, 0.29) is 11.3 Å². The van der Waals surface area contributed by atoms with Crippen molar-refractivity contribution >= 4 is 5.91 Å². The fraction of sp³-hybridized carbons (Fsp3) is 0.611. The van der Waals surface area contributed by atoms with Crippen LogP contribution in [0.15, 0.2) is 30.3 Å². The van der Waals surface area contributed by atoms with Crippen molar-refractivity contribution in [1.29, 1.82) is 0 Å². The molecule has 2 fully saturated rings. The highest BCUT2D eigenvalue weighted by Crippen LogP contribution is 2.27. The molecule has 1 aromatic rings. The lowest BCUT2D eigenvalue weighted by Gasteiger charge is -2.37. The van der Waals surface area contributed by atoms with Crippen LogP contribution in [0, 0.1) is 11.3 Å². The van der Waals surface area contributed by atoms with Crippen molar-refractivity contribution in [1.82, 2.24) is 10.2 Å².